The second-order valence-electron chi connectivity index (χ2n) is 6.37. The van der Waals surface area contributed by atoms with Crippen LogP contribution < -0.4 is 11.0 Å². The molecule has 4 rings (SSSR count). The molecule has 0 spiro atoms. The minimum atomic E-state index is -0.436. The maximum atomic E-state index is 12.7. The molecule has 2 heterocycles. The third-order valence-electron chi connectivity index (χ3n) is 4.30. The summed E-state index contributed by atoms with van der Waals surface area (Å²) in [5.74, 6) is 0.0743. The molecule has 0 radical (unpaired) electrons. The number of hydrogen-bond donors (Lipinski definition) is 1. The van der Waals surface area contributed by atoms with Crippen LogP contribution in [0.15, 0.2) is 59.4 Å². The molecule has 0 bridgehead atoms. The van der Waals surface area contributed by atoms with Gasteiger partial charge in [-0.15, -0.1) is 5.10 Å². The number of hydrogen-bond acceptors (Lipinski definition) is 4. The number of aryl methyl sites for hydroxylation is 1. The molecule has 0 aliphatic rings. The fourth-order valence-electron chi connectivity index (χ4n) is 2.97. The number of halogens is 2. The quantitative estimate of drug-likeness (QED) is 0.536. The second kappa shape index (κ2) is 7.69. The van der Waals surface area contributed by atoms with Gasteiger partial charge in [0.05, 0.1) is 15.7 Å². The average molecular weight is 428 g/mol. The molecule has 1 N–H and O–H groups in total. The van der Waals surface area contributed by atoms with Gasteiger partial charge >= 0.3 is 5.69 Å². The van der Waals surface area contributed by atoms with Crippen molar-refractivity contribution in [3.63, 3.8) is 0 Å². The number of aromatic nitrogens is 4. The van der Waals surface area contributed by atoms with Gasteiger partial charge in [-0.05, 0) is 25.1 Å². The monoisotopic (exact) mass is 427 g/mol. The van der Waals surface area contributed by atoms with Gasteiger partial charge in [0.25, 0.3) is 0 Å². The Hall–Kier alpha value is -3.16. The lowest BCUT2D eigenvalue weighted by atomic mass is 10.1. The number of nitrogens with zero attached hydrogens (tertiary/aromatic N) is 4. The van der Waals surface area contributed by atoms with Gasteiger partial charge in [0.1, 0.15) is 12.4 Å². The number of rotatable bonds is 4. The lowest BCUT2D eigenvalue weighted by molar-refractivity contribution is -0.117. The van der Waals surface area contributed by atoms with Crippen LogP contribution in [0.1, 0.15) is 5.82 Å². The SMILES string of the molecule is Cc1nc(-c2ccccc2)cc2nn(CC(=O)Nc3ccc(Cl)c(Cl)c3)c(=O)n12. The molecule has 0 aliphatic heterocycles. The van der Waals surface area contributed by atoms with E-state index in [-0.39, 0.29) is 6.54 Å². The number of carbonyl (C=O) groups is 1. The number of carbonyl (C=O) groups excluding carboxylic acids is 1. The van der Waals surface area contributed by atoms with Crippen LogP contribution >= 0.6 is 23.2 Å². The maximum Gasteiger partial charge on any atom is 0.352 e. The first-order valence-electron chi connectivity index (χ1n) is 8.70. The molecule has 0 saturated heterocycles. The van der Waals surface area contributed by atoms with E-state index in [9.17, 15) is 9.59 Å². The minimum Gasteiger partial charge on any atom is -0.324 e. The zero-order valence-electron chi connectivity index (χ0n) is 15.3. The molecule has 0 fully saturated rings. The summed E-state index contributed by atoms with van der Waals surface area (Å²) in [6, 6.07) is 16.1. The van der Waals surface area contributed by atoms with Crippen LogP contribution in [0.25, 0.3) is 16.9 Å². The van der Waals surface area contributed by atoms with Crippen molar-refractivity contribution in [1.82, 2.24) is 19.2 Å². The molecular formula is C20H15Cl2N5O2. The van der Waals surface area contributed by atoms with E-state index in [0.717, 1.165) is 10.2 Å². The average Bonchev–Trinajstić information content (AvgIpc) is 3.01. The second-order valence-corrected chi connectivity index (χ2v) is 7.18. The van der Waals surface area contributed by atoms with Gasteiger partial charge in [0, 0.05) is 17.3 Å². The van der Waals surface area contributed by atoms with Crippen molar-refractivity contribution in [3.05, 3.63) is 81.0 Å². The Labute approximate surface area is 175 Å². The van der Waals surface area contributed by atoms with E-state index in [1.165, 1.54) is 10.5 Å². The standard InChI is InChI=1S/C20H15Cl2N5O2/c1-12-23-17(13-5-3-2-4-6-13)10-18-25-26(20(29)27(12)18)11-19(28)24-14-7-8-15(21)16(22)9-14/h2-10H,11H2,1H3,(H,24,28). The molecule has 2 aromatic carbocycles. The van der Waals surface area contributed by atoms with Crippen molar-refractivity contribution in [1.29, 1.82) is 0 Å². The summed E-state index contributed by atoms with van der Waals surface area (Å²) in [5, 5.41) is 7.68. The van der Waals surface area contributed by atoms with Crippen LogP contribution in [0.3, 0.4) is 0 Å². The fraction of sp³-hybridized carbons (Fsp3) is 0.100. The molecule has 29 heavy (non-hydrogen) atoms. The van der Waals surface area contributed by atoms with Gasteiger partial charge in [-0.1, -0.05) is 53.5 Å². The summed E-state index contributed by atoms with van der Waals surface area (Å²) in [7, 11) is 0. The number of benzene rings is 2. The zero-order chi connectivity index (χ0) is 20.5. The molecule has 0 saturated carbocycles. The largest absolute Gasteiger partial charge is 0.352 e. The van der Waals surface area contributed by atoms with Gasteiger partial charge in [-0.2, -0.15) is 0 Å². The highest BCUT2D eigenvalue weighted by Gasteiger charge is 2.15. The molecule has 2 aromatic heterocycles. The van der Waals surface area contributed by atoms with Crippen molar-refractivity contribution >= 4 is 40.4 Å². The van der Waals surface area contributed by atoms with Crippen LogP contribution in [0.5, 0.6) is 0 Å². The minimum absolute atomic E-state index is 0.249. The van der Waals surface area contributed by atoms with Crippen LogP contribution in [0.4, 0.5) is 5.69 Å². The first-order valence-corrected chi connectivity index (χ1v) is 9.45. The summed E-state index contributed by atoms with van der Waals surface area (Å²) in [5.41, 5.74) is 2.08. The van der Waals surface area contributed by atoms with Crippen LogP contribution in [-0.4, -0.2) is 25.1 Å². The Morgan fingerprint density at radius 2 is 1.83 bits per heavy atom. The Bertz CT molecular complexity index is 1280. The number of anilines is 1. The number of fused-ring (bicyclic) bond motifs is 1. The number of nitrogens with one attached hydrogen (secondary N) is 1. The molecule has 146 valence electrons. The highest BCUT2D eigenvalue weighted by molar-refractivity contribution is 6.42. The summed E-state index contributed by atoms with van der Waals surface area (Å²) in [4.78, 5) is 29.5. The maximum absolute atomic E-state index is 12.7. The first kappa shape index (κ1) is 19.2. The summed E-state index contributed by atoms with van der Waals surface area (Å²) in [6.45, 7) is 1.48. The predicted octanol–water partition coefficient (Wildman–Crippen LogP) is 3.81. The fourth-order valence-corrected chi connectivity index (χ4v) is 3.27. The summed E-state index contributed by atoms with van der Waals surface area (Å²) in [6.07, 6.45) is 0. The molecule has 0 aliphatic carbocycles. The third kappa shape index (κ3) is 3.87. The Morgan fingerprint density at radius 1 is 1.07 bits per heavy atom. The molecular weight excluding hydrogens is 413 g/mol. The van der Waals surface area contributed by atoms with E-state index in [1.807, 2.05) is 30.3 Å². The molecule has 1 amide bonds. The normalized spacial score (nSPS) is 11.0. The van der Waals surface area contributed by atoms with E-state index < -0.39 is 11.6 Å². The van der Waals surface area contributed by atoms with E-state index in [0.29, 0.717) is 32.9 Å². The lowest BCUT2D eigenvalue weighted by Crippen LogP contribution is -2.28. The Balaban J connectivity index is 1.63. The molecule has 9 heteroatoms. The van der Waals surface area contributed by atoms with Crippen molar-refractivity contribution in [3.8, 4) is 11.3 Å². The van der Waals surface area contributed by atoms with Crippen molar-refractivity contribution in [2.75, 3.05) is 5.32 Å². The van der Waals surface area contributed by atoms with Gasteiger partial charge in [0.2, 0.25) is 5.91 Å². The highest BCUT2D eigenvalue weighted by Crippen LogP contribution is 2.25. The van der Waals surface area contributed by atoms with Gasteiger partial charge < -0.3 is 5.32 Å². The van der Waals surface area contributed by atoms with Gasteiger partial charge in [0.15, 0.2) is 5.65 Å². The number of amides is 1. The predicted molar refractivity (Wildman–Crippen MR) is 113 cm³/mol. The molecule has 0 atom stereocenters. The van der Waals surface area contributed by atoms with E-state index in [4.69, 9.17) is 23.2 Å². The zero-order valence-corrected chi connectivity index (χ0v) is 16.8. The molecule has 0 unspecified atom stereocenters. The summed E-state index contributed by atoms with van der Waals surface area (Å²) < 4.78 is 2.48. The first-order chi connectivity index (χ1) is 13.9. The molecule has 4 aromatic rings. The highest BCUT2D eigenvalue weighted by atomic mass is 35.5. The van der Waals surface area contributed by atoms with E-state index in [1.54, 1.807) is 25.1 Å². The van der Waals surface area contributed by atoms with Gasteiger partial charge in [-0.25, -0.2) is 18.9 Å². The smallest absolute Gasteiger partial charge is 0.324 e. The van der Waals surface area contributed by atoms with Gasteiger partial charge in [-0.3, -0.25) is 4.79 Å². The third-order valence-corrected chi connectivity index (χ3v) is 5.04. The van der Waals surface area contributed by atoms with E-state index in [2.05, 4.69) is 15.4 Å². The lowest BCUT2D eigenvalue weighted by Gasteiger charge is -2.05. The topological polar surface area (TPSA) is 81.3 Å². The summed E-state index contributed by atoms with van der Waals surface area (Å²) >= 11 is 11.8. The van der Waals surface area contributed by atoms with E-state index >= 15 is 0 Å². The van der Waals surface area contributed by atoms with Crippen molar-refractivity contribution in [2.45, 2.75) is 13.5 Å². The molecule has 7 nitrogen and oxygen atoms in total. The Morgan fingerprint density at radius 3 is 2.55 bits per heavy atom. The van der Waals surface area contributed by atoms with Crippen molar-refractivity contribution in [2.24, 2.45) is 0 Å². The van der Waals surface area contributed by atoms with Crippen molar-refractivity contribution < 1.29 is 4.79 Å². The Kier molecular flexibility index (Phi) is 5.08. The van der Waals surface area contributed by atoms with Crippen LogP contribution in [0.2, 0.25) is 10.0 Å². The van der Waals surface area contributed by atoms with Crippen LogP contribution in [-0.2, 0) is 11.3 Å². The van der Waals surface area contributed by atoms with Crippen LogP contribution in [0, 0.1) is 6.92 Å².